The summed E-state index contributed by atoms with van der Waals surface area (Å²) in [7, 11) is 0. The second-order valence-electron chi connectivity index (χ2n) is 7.36. The Morgan fingerprint density at radius 1 is 1.03 bits per heavy atom. The highest BCUT2D eigenvalue weighted by Gasteiger charge is 2.47. The molecule has 1 aliphatic rings. The highest BCUT2D eigenvalue weighted by atomic mass is 19.1. The Labute approximate surface area is 180 Å². The zero-order chi connectivity index (χ0) is 22.6. The molecule has 0 saturated carbocycles. The number of aliphatic hydroxyl groups is 1. The summed E-state index contributed by atoms with van der Waals surface area (Å²) in [5, 5.41) is 11.3. The molecule has 0 bridgehead atoms. The van der Waals surface area contributed by atoms with Gasteiger partial charge in [-0.15, -0.1) is 0 Å². The fourth-order valence-electron chi connectivity index (χ4n) is 3.85. The average Bonchev–Trinajstić information content (AvgIpc) is 3.46. The highest BCUT2D eigenvalue weighted by molar-refractivity contribution is 6.20. The molecule has 1 aliphatic heterocycles. The number of carbonyl (C=O) groups is 2. The molecule has 8 heteroatoms. The number of aliphatic hydroxyl groups excluding tert-OH is 1. The molecule has 1 atom stereocenters. The lowest BCUT2D eigenvalue weighted by molar-refractivity contribution is -0.117. The van der Waals surface area contributed by atoms with E-state index in [1.54, 1.807) is 37.3 Å². The van der Waals surface area contributed by atoms with Crippen LogP contribution in [0.5, 0.6) is 0 Å². The van der Waals surface area contributed by atoms with E-state index in [1.807, 2.05) is 0 Å². The van der Waals surface area contributed by atoms with Gasteiger partial charge in [-0.05, 0) is 43.3 Å². The third-order valence-electron chi connectivity index (χ3n) is 5.30. The van der Waals surface area contributed by atoms with Gasteiger partial charge in [0, 0.05) is 11.5 Å². The predicted molar refractivity (Wildman–Crippen MR) is 110 cm³/mol. The van der Waals surface area contributed by atoms with Crippen molar-refractivity contribution in [2.75, 3.05) is 4.90 Å². The van der Waals surface area contributed by atoms with Crippen molar-refractivity contribution in [1.82, 2.24) is 0 Å². The van der Waals surface area contributed by atoms with Crippen molar-refractivity contribution in [2.45, 2.75) is 13.0 Å². The van der Waals surface area contributed by atoms with Crippen LogP contribution in [0.4, 0.5) is 14.5 Å². The number of para-hydroxylation sites is 1. The number of nitrogens with zero attached hydrogens (tertiary/aromatic N) is 1. The van der Waals surface area contributed by atoms with E-state index >= 15 is 0 Å². The van der Waals surface area contributed by atoms with E-state index in [1.165, 1.54) is 12.1 Å². The van der Waals surface area contributed by atoms with Gasteiger partial charge in [0.15, 0.2) is 11.5 Å². The average molecular weight is 435 g/mol. The summed E-state index contributed by atoms with van der Waals surface area (Å²) < 4.78 is 39.8. The standard InChI is InChI=1S/C24H15F2NO5/c1-12-6-9-18(31-12)21-20(22(28)19-10-13-4-2-3-5-17(13)32-19)23(29)24(30)27(21)16-11-14(25)7-8-15(16)26/h2-11,21,29H,1H3. The molecule has 0 aliphatic carbocycles. The maximum Gasteiger partial charge on any atom is 0.294 e. The molecule has 0 fully saturated rings. The minimum absolute atomic E-state index is 0.100. The molecule has 3 heterocycles. The van der Waals surface area contributed by atoms with Crippen molar-refractivity contribution < 1.29 is 32.3 Å². The van der Waals surface area contributed by atoms with Gasteiger partial charge in [-0.2, -0.15) is 0 Å². The molecule has 32 heavy (non-hydrogen) atoms. The van der Waals surface area contributed by atoms with Gasteiger partial charge >= 0.3 is 0 Å². The Morgan fingerprint density at radius 3 is 2.53 bits per heavy atom. The number of amides is 1. The van der Waals surface area contributed by atoms with E-state index in [0.29, 0.717) is 16.7 Å². The van der Waals surface area contributed by atoms with Crippen molar-refractivity contribution in [3.63, 3.8) is 0 Å². The molecule has 1 unspecified atom stereocenters. The quantitative estimate of drug-likeness (QED) is 0.434. The van der Waals surface area contributed by atoms with Gasteiger partial charge in [0.1, 0.15) is 34.8 Å². The summed E-state index contributed by atoms with van der Waals surface area (Å²) in [5.41, 5.74) is -0.348. The summed E-state index contributed by atoms with van der Waals surface area (Å²) >= 11 is 0. The first-order valence-corrected chi connectivity index (χ1v) is 9.66. The van der Waals surface area contributed by atoms with Crippen LogP contribution in [0.2, 0.25) is 0 Å². The van der Waals surface area contributed by atoms with Crippen LogP contribution in [-0.2, 0) is 4.79 Å². The Bertz CT molecular complexity index is 1400. The molecule has 2 aromatic heterocycles. The van der Waals surface area contributed by atoms with E-state index in [2.05, 4.69) is 0 Å². The number of furan rings is 2. The third-order valence-corrected chi connectivity index (χ3v) is 5.30. The monoisotopic (exact) mass is 435 g/mol. The minimum Gasteiger partial charge on any atom is -0.503 e. The largest absolute Gasteiger partial charge is 0.503 e. The summed E-state index contributed by atoms with van der Waals surface area (Å²) in [6.07, 6.45) is 0. The van der Waals surface area contributed by atoms with Crippen LogP contribution >= 0.6 is 0 Å². The van der Waals surface area contributed by atoms with E-state index < -0.39 is 40.8 Å². The van der Waals surface area contributed by atoms with Crippen LogP contribution in [-0.4, -0.2) is 16.8 Å². The Hall–Kier alpha value is -4.20. The first-order valence-electron chi connectivity index (χ1n) is 9.66. The normalized spacial score (nSPS) is 16.4. The lowest BCUT2D eigenvalue weighted by atomic mass is 9.99. The molecule has 6 nitrogen and oxygen atoms in total. The highest BCUT2D eigenvalue weighted by Crippen LogP contribution is 2.43. The zero-order valence-corrected chi connectivity index (χ0v) is 16.6. The van der Waals surface area contributed by atoms with Gasteiger partial charge in [-0.25, -0.2) is 8.78 Å². The SMILES string of the molecule is Cc1ccc(C2C(C(=O)c3cc4ccccc4o3)=C(O)C(=O)N2c2cc(F)ccc2F)o1. The van der Waals surface area contributed by atoms with Crippen LogP contribution in [0.15, 0.2) is 80.8 Å². The van der Waals surface area contributed by atoms with E-state index in [9.17, 15) is 23.5 Å². The molecule has 0 radical (unpaired) electrons. The number of aryl methyl sites for hydroxylation is 1. The van der Waals surface area contributed by atoms with Crippen molar-refractivity contribution in [1.29, 1.82) is 0 Å². The topological polar surface area (TPSA) is 83.9 Å². The summed E-state index contributed by atoms with van der Waals surface area (Å²) in [5.74, 6) is -3.97. The third kappa shape index (κ3) is 2.99. The molecule has 5 rings (SSSR count). The van der Waals surface area contributed by atoms with E-state index in [-0.39, 0.29) is 17.1 Å². The molecule has 1 amide bonds. The Balaban J connectivity index is 1.68. The number of benzene rings is 2. The van der Waals surface area contributed by atoms with Crippen LogP contribution in [0.3, 0.4) is 0 Å². The first kappa shape index (κ1) is 19.7. The van der Waals surface area contributed by atoms with Crippen molar-refractivity contribution in [2.24, 2.45) is 0 Å². The van der Waals surface area contributed by atoms with Crippen molar-refractivity contribution in [3.05, 3.63) is 101 Å². The summed E-state index contributed by atoms with van der Waals surface area (Å²) in [6, 6.07) is 12.7. The van der Waals surface area contributed by atoms with Gasteiger partial charge in [0.2, 0.25) is 5.78 Å². The Kier molecular flexibility index (Phi) is 4.44. The van der Waals surface area contributed by atoms with Crippen molar-refractivity contribution >= 4 is 28.3 Å². The van der Waals surface area contributed by atoms with Crippen LogP contribution in [0.25, 0.3) is 11.0 Å². The second kappa shape index (κ2) is 7.19. The number of anilines is 1. The van der Waals surface area contributed by atoms with Crippen LogP contribution in [0, 0.1) is 18.6 Å². The number of hydrogen-bond acceptors (Lipinski definition) is 5. The lowest BCUT2D eigenvalue weighted by Gasteiger charge is -2.25. The lowest BCUT2D eigenvalue weighted by Crippen LogP contribution is -2.31. The zero-order valence-electron chi connectivity index (χ0n) is 16.6. The van der Waals surface area contributed by atoms with Crippen LogP contribution in [0.1, 0.15) is 28.1 Å². The number of fused-ring (bicyclic) bond motifs is 1. The number of Topliss-reactive ketones (excluding diaryl/α,β-unsaturated/α-hetero) is 1. The van der Waals surface area contributed by atoms with Gasteiger partial charge in [0.05, 0.1) is 11.3 Å². The first-order chi connectivity index (χ1) is 15.3. The molecular formula is C24H15F2NO5. The maximum atomic E-state index is 14.6. The minimum atomic E-state index is -1.33. The van der Waals surface area contributed by atoms with Gasteiger partial charge in [0.25, 0.3) is 5.91 Å². The molecule has 0 saturated heterocycles. The fourth-order valence-corrected chi connectivity index (χ4v) is 3.85. The summed E-state index contributed by atoms with van der Waals surface area (Å²) in [4.78, 5) is 27.2. The molecule has 4 aromatic rings. The molecule has 160 valence electrons. The van der Waals surface area contributed by atoms with Gasteiger partial charge < -0.3 is 13.9 Å². The molecule has 2 aromatic carbocycles. The van der Waals surface area contributed by atoms with Gasteiger partial charge in [-0.1, -0.05) is 18.2 Å². The van der Waals surface area contributed by atoms with Gasteiger partial charge in [-0.3, -0.25) is 14.5 Å². The fraction of sp³-hybridized carbons (Fsp3) is 0.0833. The van der Waals surface area contributed by atoms with E-state index in [4.69, 9.17) is 8.83 Å². The number of ketones is 1. The molecule has 0 spiro atoms. The number of carbonyl (C=O) groups excluding carboxylic acids is 2. The second-order valence-corrected chi connectivity index (χ2v) is 7.36. The number of hydrogen-bond donors (Lipinski definition) is 1. The maximum absolute atomic E-state index is 14.6. The van der Waals surface area contributed by atoms with Crippen LogP contribution < -0.4 is 4.90 Å². The smallest absolute Gasteiger partial charge is 0.294 e. The molecular weight excluding hydrogens is 420 g/mol. The number of rotatable bonds is 4. The van der Waals surface area contributed by atoms with Crippen molar-refractivity contribution in [3.8, 4) is 0 Å². The van der Waals surface area contributed by atoms with E-state index in [0.717, 1.165) is 23.1 Å². The molecule has 1 N–H and O–H groups in total. The predicted octanol–water partition coefficient (Wildman–Crippen LogP) is 5.40. The Morgan fingerprint density at radius 2 is 1.81 bits per heavy atom. The summed E-state index contributed by atoms with van der Waals surface area (Å²) in [6.45, 7) is 1.65. The number of halogens is 2.